The van der Waals surface area contributed by atoms with Crippen molar-refractivity contribution >= 4 is 11.9 Å². The summed E-state index contributed by atoms with van der Waals surface area (Å²) < 4.78 is 39.3. The molecular formula is C19H19F2NO6. The van der Waals surface area contributed by atoms with Crippen LogP contribution in [0.5, 0.6) is 17.2 Å². The number of carboxylic acids is 1. The van der Waals surface area contributed by atoms with Crippen LogP contribution in [0.25, 0.3) is 0 Å². The van der Waals surface area contributed by atoms with E-state index in [1.54, 1.807) is 18.2 Å². The van der Waals surface area contributed by atoms with E-state index < -0.39 is 31.0 Å². The molecular weight excluding hydrogens is 376 g/mol. The molecule has 1 unspecified atom stereocenters. The number of aliphatic carboxylic acids is 1. The molecule has 9 heteroatoms. The Morgan fingerprint density at radius 2 is 1.79 bits per heavy atom. The number of rotatable bonds is 9. The second kappa shape index (κ2) is 9.54. The highest BCUT2D eigenvalue weighted by Gasteiger charge is 2.21. The molecule has 0 saturated carbocycles. The van der Waals surface area contributed by atoms with Crippen LogP contribution in [0.3, 0.4) is 0 Å². The maximum Gasteiger partial charge on any atom is 0.387 e. The van der Waals surface area contributed by atoms with Crippen molar-refractivity contribution in [3.63, 3.8) is 0 Å². The first kappa shape index (κ1) is 20.9. The van der Waals surface area contributed by atoms with Crippen LogP contribution in [-0.2, 0) is 4.79 Å². The Kier molecular flexibility index (Phi) is 7.14. The predicted molar refractivity (Wildman–Crippen MR) is 95.1 cm³/mol. The number of halogens is 2. The molecule has 0 aromatic heterocycles. The molecule has 0 fully saturated rings. The number of benzene rings is 2. The fraction of sp³-hybridized carbons (Fsp3) is 0.263. The van der Waals surface area contributed by atoms with Gasteiger partial charge in [0.2, 0.25) is 0 Å². The van der Waals surface area contributed by atoms with E-state index >= 15 is 0 Å². The van der Waals surface area contributed by atoms with Gasteiger partial charge in [0.05, 0.1) is 26.7 Å². The van der Waals surface area contributed by atoms with Gasteiger partial charge < -0.3 is 24.6 Å². The quantitative estimate of drug-likeness (QED) is 0.677. The lowest BCUT2D eigenvalue weighted by atomic mass is 10.0. The molecule has 150 valence electrons. The number of nitrogens with one attached hydrogen (secondary N) is 1. The minimum absolute atomic E-state index is 0.0500. The number of carbonyl (C=O) groups excluding carboxylic acids is 1. The normalized spacial score (nSPS) is 11.6. The lowest BCUT2D eigenvalue weighted by Gasteiger charge is -2.19. The van der Waals surface area contributed by atoms with E-state index in [1.165, 1.54) is 32.4 Å². The van der Waals surface area contributed by atoms with Crippen molar-refractivity contribution in [3.8, 4) is 17.2 Å². The lowest BCUT2D eigenvalue weighted by molar-refractivity contribution is -0.137. The Morgan fingerprint density at radius 1 is 1.07 bits per heavy atom. The van der Waals surface area contributed by atoms with E-state index in [2.05, 4.69) is 10.1 Å². The van der Waals surface area contributed by atoms with Gasteiger partial charge in [-0.2, -0.15) is 8.78 Å². The topological polar surface area (TPSA) is 94.1 Å². The third kappa shape index (κ3) is 5.57. The summed E-state index contributed by atoms with van der Waals surface area (Å²) in [6.07, 6.45) is -0.394. The van der Waals surface area contributed by atoms with Gasteiger partial charge in [-0.1, -0.05) is 12.1 Å². The smallest absolute Gasteiger partial charge is 0.387 e. The molecule has 0 bridgehead atoms. The van der Waals surface area contributed by atoms with Crippen LogP contribution >= 0.6 is 0 Å². The summed E-state index contributed by atoms with van der Waals surface area (Å²) in [5.41, 5.74) is 0.530. The number of carboxylic acid groups (broad SMARTS) is 1. The van der Waals surface area contributed by atoms with Crippen LogP contribution in [-0.4, -0.2) is 37.8 Å². The minimum Gasteiger partial charge on any atom is -0.493 e. The van der Waals surface area contributed by atoms with Gasteiger partial charge in [0.1, 0.15) is 5.75 Å². The zero-order valence-corrected chi connectivity index (χ0v) is 15.1. The Morgan fingerprint density at radius 3 is 2.39 bits per heavy atom. The maximum atomic E-state index is 12.5. The Hall–Kier alpha value is -3.36. The van der Waals surface area contributed by atoms with Gasteiger partial charge >= 0.3 is 12.6 Å². The van der Waals surface area contributed by atoms with Crippen molar-refractivity contribution in [2.24, 2.45) is 0 Å². The van der Waals surface area contributed by atoms with Crippen molar-refractivity contribution in [2.75, 3.05) is 14.2 Å². The second-order valence-electron chi connectivity index (χ2n) is 5.64. The summed E-state index contributed by atoms with van der Waals surface area (Å²) in [5.74, 6) is -1.13. The number of amides is 1. The number of carbonyl (C=O) groups is 2. The largest absolute Gasteiger partial charge is 0.493 e. The van der Waals surface area contributed by atoms with Crippen LogP contribution in [0.4, 0.5) is 8.78 Å². The average Bonchev–Trinajstić information content (AvgIpc) is 2.66. The third-order valence-electron chi connectivity index (χ3n) is 3.82. The van der Waals surface area contributed by atoms with Crippen molar-refractivity contribution < 1.29 is 37.7 Å². The van der Waals surface area contributed by atoms with Gasteiger partial charge in [-0.25, -0.2) is 0 Å². The fourth-order valence-electron chi connectivity index (χ4n) is 2.55. The van der Waals surface area contributed by atoms with Gasteiger partial charge in [-0.3, -0.25) is 9.59 Å². The molecule has 0 saturated heterocycles. The van der Waals surface area contributed by atoms with Gasteiger partial charge in [-0.15, -0.1) is 0 Å². The fourth-order valence-corrected chi connectivity index (χ4v) is 2.55. The highest BCUT2D eigenvalue weighted by molar-refractivity contribution is 5.95. The van der Waals surface area contributed by atoms with Crippen LogP contribution in [0.1, 0.15) is 28.4 Å². The summed E-state index contributed by atoms with van der Waals surface area (Å²) in [5, 5.41) is 11.8. The van der Waals surface area contributed by atoms with Crippen molar-refractivity contribution in [1.29, 1.82) is 0 Å². The first-order chi connectivity index (χ1) is 13.3. The molecule has 2 aromatic carbocycles. The molecule has 0 aliphatic carbocycles. The summed E-state index contributed by atoms with van der Waals surface area (Å²) in [6.45, 7) is -3.02. The number of hydrogen-bond donors (Lipinski definition) is 2. The summed E-state index contributed by atoms with van der Waals surface area (Å²) >= 11 is 0. The highest BCUT2D eigenvalue weighted by atomic mass is 19.3. The molecule has 2 rings (SSSR count). The zero-order valence-electron chi connectivity index (χ0n) is 15.1. The van der Waals surface area contributed by atoms with Gasteiger partial charge in [0.25, 0.3) is 5.91 Å². The molecule has 7 nitrogen and oxygen atoms in total. The van der Waals surface area contributed by atoms with E-state index in [0.717, 1.165) is 6.07 Å². The van der Waals surface area contributed by atoms with E-state index in [1.807, 2.05) is 0 Å². The van der Waals surface area contributed by atoms with E-state index in [9.17, 15) is 23.5 Å². The molecule has 0 aliphatic rings. The predicted octanol–water partition coefficient (Wildman–Crippen LogP) is 3.25. The zero-order chi connectivity index (χ0) is 20.7. The minimum atomic E-state index is -3.02. The summed E-state index contributed by atoms with van der Waals surface area (Å²) in [6, 6.07) is 9.08. The lowest BCUT2D eigenvalue weighted by Crippen LogP contribution is -2.30. The number of hydrogen-bond acceptors (Lipinski definition) is 5. The molecule has 0 radical (unpaired) electrons. The Balaban J connectivity index is 2.27. The molecule has 0 aliphatic heterocycles. The molecule has 1 amide bonds. The molecule has 1 atom stereocenters. The monoisotopic (exact) mass is 395 g/mol. The summed E-state index contributed by atoms with van der Waals surface area (Å²) in [4.78, 5) is 23.8. The van der Waals surface area contributed by atoms with Gasteiger partial charge in [0, 0.05) is 5.56 Å². The van der Waals surface area contributed by atoms with Crippen molar-refractivity contribution in [3.05, 3.63) is 53.6 Å². The third-order valence-corrected chi connectivity index (χ3v) is 3.82. The SMILES string of the molecule is COc1ccc(C(CC(=O)O)NC(=O)c2cccc(OC(F)F)c2)cc1OC. The Bertz CT molecular complexity index is 843. The highest BCUT2D eigenvalue weighted by Crippen LogP contribution is 2.31. The van der Waals surface area contributed by atoms with Crippen LogP contribution in [0.15, 0.2) is 42.5 Å². The van der Waals surface area contributed by atoms with E-state index in [4.69, 9.17) is 9.47 Å². The maximum absolute atomic E-state index is 12.5. The van der Waals surface area contributed by atoms with Gasteiger partial charge in [-0.05, 0) is 35.9 Å². The van der Waals surface area contributed by atoms with Crippen LogP contribution in [0, 0.1) is 0 Å². The van der Waals surface area contributed by atoms with Crippen LogP contribution in [0.2, 0.25) is 0 Å². The molecule has 0 heterocycles. The summed E-state index contributed by atoms with van der Waals surface area (Å²) in [7, 11) is 2.89. The molecule has 0 spiro atoms. The molecule has 2 N–H and O–H groups in total. The van der Waals surface area contributed by atoms with E-state index in [-0.39, 0.29) is 11.3 Å². The first-order valence-electron chi connectivity index (χ1n) is 8.13. The van der Waals surface area contributed by atoms with Crippen molar-refractivity contribution in [2.45, 2.75) is 19.1 Å². The first-order valence-corrected chi connectivity index (χ1v) is 8.13. The molecule has 2 aromatic rings. The second-order valence-corrected chi connectivity index (χ2v) is 5.64. The van der Waals surface area contributed by atoms with Crippen LogP contribution < -0.4 is 19.5 Å². The standard InChI is InChI=1S/C19H19F2NO6/c1-26-15-7-6-11(9-16(15)27-2)14(10-17(23)24)22-18(25)12-4-3-5-13(8-12)28-19(20)21/h3-9,14,19H,10H2,1-2H3,(H,22,25)(H,23,24). The Labute approximate surface area is 159 Å². The van der Waals surface area contributed by atoms with Crippen molar-refractivity contribution in [1.82, 2.24) is 5.32 Å². The number of alkyl halides is 2. The molecule has 28 heavy (non-hydrogen) atoms. The number of ether oxygens (including phenoxy) is 3. The average molecular weight is 395 g/mol. The van der Waals surface area contributed by atoms with E-state index in [0.29, 0.717) is 17.1 Å². The number of methoxy groups -OCH3 is 2. The van der Waals surface area contributed by atoms with Gasteiger partial charge in [0.15, 0.2) is 11.5 Å².